The predicted octanol–water partition coefficient (Wildman–Crippen LogP) is 4.65. The fourth-order valence-corrected chi connectivity index (χ4v) is 5.74. The van der Waals surface area contributed by atoms with Crippen molar-refractivity contribution >= 4 is 17.1 Å². The number of esters is 1. The lowest BCUT2D eigenvalue weighted by atomic mass is 9.89. The number of benzene rings is 1. The van der Waals surface area contributed by atoms with Gasteiger partial charge in [-0.05, 0) is 45.6 Å². The normalized spacial score (nSPS) is 15.0. The van der Waals surface area contributed by atoms with E-state index in [9.17, 15) is 14.4 Å². The Morgan fingerprint density at radius 1 is 1.12 bits per heavy atom. The zero-order valence-corrected chi connectivity index (χ0v) is 23.8. The van der Waals surface area contributed by atoms with Crippen LogP contribution in [0.3, 0.4) is 0 Å². The first-order valence-corrected chi connectivity index (χ1v) is 14.4. The molecular formula is C30H38N6O4. The third-order valence-electron chi connectivity index (χ3n) is 7.73. The highest BCUT2D eigenvalue weighted by Gasteiger charge is 2.29. The van der Waals surface area contributed by atoms with Gasteiger partial charge in [0.05, 0.1) is 24.2 Å². The van der Waals surface area contributed by atoms with E-state index in [1.807, 2.05) is 36.9 Å². The number of carbonyl (C=O) groups is 1. The van der Waals surface area contributed by atoms with E-state index >= 15 is 0 Å². The fraction of sp³-hybridized carbons (Fsp3) is 0.500. The molecule has 1 fully saturated rings. The Kier molecular flexibility index (Phi) is 8.04. The number of hydrogen-bond donors (Lipinski definition) is 0. The van der Waals surface area contributed by atoms with E-state index in [0.717, 1.165) is 37.7 Å². The van der Waals surface area contributed by atoms with Crippen LogP contribution in [0.1, 0.15) is 76.7 Å². The van der Waals surface area contributed by atoms with Crippen LogP contribution in [0.5, 0.6) is 0 Å². The number of rotatable bonds is 9. The van der Waals surface area contributed by atoms with Gasteiger partial charge in [0.2, 0.25) is 0 Å². The highest BCUT2D eigenvalue weighted by molar-refractivity contribution is 5.78. The number of ether oxygens (including phenoxy) is 1. The largest absolute Gasteiger partial charge is 0.441 e. The van der Waals surface area contributed by atoms with Gasteiger partial charge in [0, 0.05) is 19.3 Å². The number of aryl methyl sites for hydroxylation is 2. The van der Waals surface area contributed by atoms with Crippen molar-refractivity contribution in [3.05, 3.63) is 68.6 Å². The third kappa shape index (κ3) is 5.26. The van der Waals surface area contributed by atoms with E-state index in [0.29, 0.717) is 37.4 Å². The van der Waals surface area contributed by atoms with Gasteiger partial charge in [-0.1, -0.05) is 56.0 Å². The van der Waals surface area contributed by atoms with Gasteiger partial charge in [-0.3, -0.25) is 28.0 Å². The van der Waals surface area contributed by atoms with Gasteiger partial charge in [-0.15, -0.1) is 0 Å². The highest BCUT2D eigenvalue weighted by Crippen LogP contribution is 2.30. The molecule has 1 atom stereocenters. The number of carbonyl (C=O) groups excluding carboxylic acids is 1. The third-order valence-corrected chi connectivity index (χ3v) is 7.73. The Morgan fingerprint density at radius 2 is 1.90 bits per heavy atom. The molecule has 0 saturated heterocycles. The first-order valence-electron chi connectivity index (χ1n) is 14.4. The summed E-state index contributed by atoms with van der Waals surface area (Å²) in [4.78, 5) is 45.0. The lowest BCUT2D eigenvalue weighted by Gasteiger charge is -2.24. The topological polar surface area (TPSA) is 106 Å². The van der Waals surface area contributed by atoms with Crippen LogP contribution >= 0.6 is 0 Å². The van der Waals surface area contributed by atoms with Crippen molar-refractivity contribution in [3.8, 4) is 11.4 Å². The average molecular weight is 547 g/mol. The number of imidazole rings is 1. The Hall–Kier alpha value is -3.95. The molecule has 0 spiro atoms. The lowest BCUT2D eigenvalue weighted by molar-refractivity contribution is -0.158. The van der Waals surface area contributed by atoms with E-state index in [4.69, 9.17) is 9.72 Å². The second-order valence-electron chi connectivity index (χ2n) is 10.7. The average Bonchev–Trinajstić information content (AvgIpc) is 3.57. The lowest BCUT2D eigenvalue weighted by Crippen LogP contribution is -2.40. The molecule has 4 aromatic rings. The van der Waals surface area contributed by atoms with Crippen LogP contribution in [-0.4, -0.2) is 34.4 Å². The summed E-state index contributed by atoms with van der Waals surface area (Å²) in [6.07, 6.45) is 8.17. The molecule has 212 valence electrons. The molecular weight excluding hydrogens is 508 g/mol. The van der Waals surface area contributed by atoms with Gasteiger partial charge >= 0.3 is 11.7 Å². The van der Waals surface area contributed by atoms with Gasteiger partial charge in [0.15, 0.2) is 17.4 Å². The molecule has 1 aliphatic carbocycles. The Labute approximate surface area is 233 Å². The molecule has 1 aliphatic rings. The molecule has 0 radical (unpaired) electrons. The van der Waals surface area contributed by atoms with Gasteiger partial charge in [0.25, 0.3) is 5.56 Å². The second-order valence-corrected chi connectivity index (χ2v) is 10.7. The van der Waals surface area contributed by atoms with Crippen LogP contribution in [0.2, 0.25) is 0 Å². The number of fused-ring (bicyclic) bond motifs is 1. The molecule has 3 heterocycles. The highest BCUT2D eigenvalue weighted by atomic mass is 16.6. The number of nitrogens with zero attached hydrogens (tertiary/aromatic N) is 6. The summed E-state index contributed by atoms with van der Waals surface area (Å²) in [7, 11) is 0. The van der Waals surface area contributed by atoms with Crippen LogP contribution in [0, 0.1) is 12.8 Å². The van der Waals surface area contributed by atoms with Gasteiger partial charge in [-0.25, -0.2) is 9.78 Å². The summed E-state index contributed by atoms with van der Waals surface area (Å²) in [6.45, 7) is 8.79. The number of aromatic nitrogens is 6. The SMILES string of the molecule is CCCn1c(=O)c2c(nc(-c3cnn(Cc4cccc(C)c4)c3)n2C(C)OC(=O)C2CCCCC2)n(CC)c1=O. The zero-order chi connectivity index (χ0) is 28.4. The molecule has 0 amide bonds. The molecule has 0 aliphatic heterocycles. The Bertz CT molecular complexity index is 1640. The van der Waals surface area contributed by atoms with Gasteiger partial charge < -0.3 is 4.74 Å². The first-order chi connectivity index (χ1) is 19.3. The van der Waals surface area contributed by atoms with Crippen LogP contribution in [0.4, 0.5) is 0 Å². The van der Waals surface area contributed by atoms with Crippen LogP contribution in [0.15, 0.2) is 46.2 Å². The zero-order valence-electron chi connectivity index (χ0n) is 23.8. The van der Waals surface area contributed by atoms with Crippen molar-refractivity contribution in [2.75, 3.05) is 0 Å². The van der Waals surface area contributed by atoms with Crippen molar-refractivity contribution < 1.29 is 9.53 Å². The molecule has 0 N–H and O–H groups in total. The maximum atomic E-state index is 13.8. The van der Waals surface area contributed by atoms with Gasteiger partial charge in [0.1, 0.15) is 5.82 Å². The van der Waals surface area contributed by atoms with E-state index in [1.54, 1.807) is 17.7 Å². The molecule has 1 aromatic carbocycles. The summed E-state index contributed by atoms with van der Waals surface area (Å²) in [5.41, 5.74) is 2.66. The molecule has 10 nitrogen and oxygen atoms in total. The van der Waals surface area contributed by atoms with Crippen molar-refractivity contribution in [1.82, 2.24) is 28.5 Å². The predicted molar refractivity (Wildman–Crippen MR) is 153 cm³/mol. The van der Waals surface area contributed by atoms with E-state index in [1.165, 1.54) is 14.7 Å². The van der Waals surface area contributed by atoms with Crippen molar-refractivity contribution in [3.63, 3.8) is 0 Å². The minimum absolute atomic E-state index is 0.142. The molecule has 5 rings (SSSR count). The van der Waals surface area contributed by atoms with E-state index in [-0.39, 0.29) is 28.7 Å². The fourth-order valence-electron chi connectivity index (χ4n) is 5.74. The van der Waals surface area contributed by atoms with E-state index in [2.05, 4.69) is 24.2 Å². The molecule has 40 heavy (non-hydrogen) atoms. The second kappa shape index (κ2) is 11.7. The first kappa shape index (κ1) is 27.6. The number of hydrogen-bond acceptors (Lipinski definition) is 6. The molecule has 0 bridgehead atoms. The Balaban J connectivity index is 1.63. The van der Waals surface area contributed by atoms with Crippen LogP contribution < -0.4 is 11.2 Å². The van der Waals surface area contributed by atoms with Crippen LogP contribution in [0.25, 0.3) is 22.6 Å². The maximum absolute atomic E-state index is 13.8. The summed E-state index contributed by atoms with van der Waals surface area (Å²) >= 11 is 0. The summed E-state index contributed by atoms with van der Waals surface area (Å²) in [6, 6.07) is 8.23. The van der Waals surface area contributed by atoms with Crippen molar-refractivity contribution in [1.29, 1.82) is 0 Å². The summed E-state index contributed by atoms with van der Waals surface area (Å²) < 4.78 is 12.3. The van der Waals surface area contributed by atoms with Gasteiger partial charge in [-0.2, -0.15) is 5.10 Å². The summed E-state index contributed by atoms with van der Waals surface area (Å²) in [5, 5.41) is 4.56. The van der Waals surface area contributed by atoms with Crippen LogP contribution in [-0.2, 0) is 29.2 Å². The molecule has 1 unspecified atom stereocenters. The summed E-state index contributed by atoms with van der Waals surface area (Å²) in [5.74, 6) is 0.0345. The van der Waals surface area contributed by atoms with Crippen molar-refractivity contribution in [2.24, 2.45) is 5.92 Å². The minimum atomic E-state index is -0.805. The monoisotopic (exact) mass is 546 g/mol. The quantitative estimate of drug-likeness (QED) is 0.283. The standard InChI is InChI=1S/C30H38N6O4/c1-5-15-35-28(37)25-27(34(6-2)30(35)39)32-26(36(25)21(4)40-29(38)23-13-8-7-9-14-23)24-17-31-33(19-24)18-22-12-10-11-20(3)16-22/h10-12,16-17,19,21,23H,5-9,13-15,18H2,1-4H3. The molecule has 3 aromatic heterocycles. The molecule has 1 saturated carbocycles. The molecule has 10 heteroatoms. The minimum Gasteiger partial charge on any atom is -0.441 e. The maximum Gasteiger partial charge on any atom is 0.332 e. The van der Waals surface area contributed by atoms with E-state index < -0.39 is 11.8 Å². The smallest absolute Gasteiger partial charge is 0.332 e. The van der Waals surface area contributed by atoms with Crippen molar-refractivity contribution in [2.45, 2.75) is 92.1 Å². The Morgan fingerprint density at radius 3 is 2.60 bits per heavy atom.